The van der Waals surface area contributed by atoms with Crippen LogP contribution in [-0.2, 0) is 11.3 Å². The number of halogens is 1. The SMILES string of the molecule is COc1ccc(N2C(=O)c3ccc(C(=O)OCc4ccc(Cl)cc4)cc3C2=O)cc1. The van der Waals surface area contributed by atoms with Gasteiger partial charge < -0.3 is 9.47 Å². The van der Waals surface area contributed by atoms with Crippen molar-refractivity contribution in [2.45, 2.75) is 6.61 Å². The van der Waals surface area contributed by atoms with Crippen molar-refractivity contribution in [3.8, 4) is 5.75 Å². The van der Waals surface area contributed by atoms with Gasteiger partial charge in [-0.15, -0.1) is 0 Å². The summed E-state index contributed by atoms with van der Waals surface area (Å²) in [6, 6.07) is 17.9. The Morgan fingerprint density at radius 3 is 2.23 bits per heavy atom. The predicted molar refractivity (Wildman–Crippen MR) is 111 cm³/mol. The maximum absolute atomic E-state index is 12.9. The first-order valence-corrected chi connectivity index (χ1v) is 9.44. The number of fused-ring (bicyclic) bond motifs is 1. The highest BCUT2D eigenvalue weighted by Gasteiger charge is 2.37. The lowest BCUT2D eigenvalue weighted by molar-refractivity contribution is 0.0472. The number of amides is 2. The molecule has 0 atom stereocenters. The van der Waals surface area contributed by atoms with Crippen molar-refractivity contribution in [1.82, 2.24) is 0 Å². The number of imide groups is 1. The highest BCUT2D eigenvalue weighted by molar-refractivity contribution is 6.34. The molecule has 7 heteroatoms. The predicted octanol–water partition coefficient (Wildman–Crippen LogP) is 4.51. The molecule has 0 fully saturated rings. The van der Waals surface area contributed by atoms with E-state index in [1.165, 1.54) is 25.3 Å². The number of rotatable bonds is 5. The molecule has 3 aromatic carbocycles. The number of carbonyl (C=O) groups excluding carboxylic acids is 3. The van der Waals surface area contributed by atoms with Crippen LogP contribution in [0.1, 0.15) is 36.6 Å². The highest BCUT2D eigenvalue weighted by atomic mass is 35.5. The molecule has 0 aliphatic carbocycles. The first-order chi connectivity index (χ1) is 14.5. The van der Waals surface area contributed by atoms with Crippen LogP contribution < -0.4 is 9.64 Å². The third-order valence-corrected chi connectivity index (χ3v) is 4.99. The second-order valence-corrected chi connectivity index (χ2v) is 7.04. The topological polar surface area (TPSA) is 72.9 Å². The number of benzene rings is 3. The van der Waals surface area contributed by atoms with E-state index in [0.29, 0.717) is 16.5 Å². The Hall–Kier alpha value is -3.64. The monoisotopic (exact) mass is 421 g/mol. The zero-order valence-electron chi connectivity index (χ0n) is 15.9. The molecule has 1 aliphatic heterocycles. The third kappa shape index (κ3) is 3.65. The van der Waals surface area contributed by atoms with Crippen molar-refractivity contribution in [2.24, 2.45) is 0 Å². The molecule has 0 saturated carbocycles. The second-order valence-electron chi connectivity index (χ2n) is 6.61. The van der Waals surface area contributed by atoms with Gasteiger partial charge in [-0.3, -0.25) is 9.59 Å². The minimum Gasteiger partial charge on any atom is -0.497 e. The maximum atomic E-state index is 12.9. The van der Waals surface area contributed by atoms with Gasteiger partial charge in [0.15, 0.2) is 0 Å². The van der Waals surface area contributed by atoms with Crippen molar-refractivity contribution >= 4 is 35.1 Å². The number of methoxy groups -OCH3 is 1. The van der Waals surface area contributed by atoms with Gasteiger partial charge in [-0.1, -0.05) is 23.7 Å². The molecular formula is C23H16ClNO5. The standard InChI is InChI=1S/C23H16ClNO5/c1-29-18-9-7-17(8-10-18)25-21(26)19-11-4-15(12-20(19)22(25)27)23(28)30-13-14-2-5-16(24)6-3-14/h2-12H,13H2,1H3. The van der Waals surface area contributed by atoms with Crippen LogP contribution >= 0.6 is 11.6 Å². The van der Waals surface area contributed by atoms with Crippen molar-refractivity contribution in [3.05, 3.63) is 94.0 Å². The molecule has 150 valence electrons. The van der Waals surface area contributed by atoms with Gasteiger partial charge in [0.25, 0.3) is 11.8 Å². The number of anilines is 1. The van der Waals surface area contributed by atoms with Crippen LogP contribution in [0.2, 0.25) is 5.02 Å². The summed E-state index contributed by atoms with van der Waals surface area (Å²) in [5.41, 5.74) is 1.81. The maximum Gasteiger partial charge on any atom is 0.338 e. The molecule has 1 aliphatic rings. The fourth-order valence-electron chi connectivity index (χ4n) is 3.15. The van der Waals surface area contributed by atoms with E-state index in [1.807, 2.05) is 0 Å². The summed E-state index contributed by atoms with van der Waals surface area (Å²) >= 11 is 5.84. The molecule has 3 aromatic rings. The summed E-state index contributed by atoms with van der Waals surface area (Å²) in [7, 11) is 1.53. The number of carbonyl (C=O) groups is 3. The first kappa shape index (κ1) is 19.7. The highest BCUT2D eigenvalue weighted by Crippen LogP contribution is 2.30. The van der Waals surface area contributed by atoms with Crippen molar-refractivity contribution < 1.29 is 23.9 Å². The third-order valence-electron chi connectivity index (χ3n) is 4.74. The van der Waals surface area contributed by atoms with Crippen LogP contribution in [0.4, 0.5) is 5.69 Å². The molecule has 0 radical (unpaired) electrons. The van der Waals surface area contributed by atoms with Crippen LogP contribution in [0.15, 0.2) is 66.7 Å². The van der Waals surface area contributed by atoms with Gasteiger partial charge >= 0.3 is 5.97 Å². The normalized spacial score (nSPS) is 12.7. The quantitative estimate of drug-likeness (QED) is 0.448. The van der Waals surface area contributed by atoms with Crippen molar-refractivity contribution in [1.29, 1.82) is 0 Å². The molecule has 0 unspecified atom stereocenters. The van der Waals surface area contributed by atoms with Crippen LogP contribution in [0.25, 0.3) is 0 Å². The van der Waals surface area contributed by atoms with Crippen LogP contribution in [0, 0.1) is 0 Å². The Balaban J connectivity index is 1.53. The summed E-state index contributed by atoms with van der Waals surface area (Å²) in [6.07, 6.45) is 0. The zero-order valence-corrected chi connectivity index (χ0v) is 16.7. The molecular weight excluding hydrogens is 406 g/mol. The fraction of sp³-hybridized carbons (Fsp3) is 0.0870. The number of esters is 1. The molecule has 2 amide bonds. The van der Waals surface area contributed by atoms with Crippen molar-refractivity contribution in [2.75, 3.05) is 12.0 Å². The molecule has 0 bridgehead atoms. The smallest absolute Gasteiger partial charge is 0.338 e. The summed E-state index contributed by atoms with van der Waals surface area (Å²) in [4.78, 5) is 39.1. The lowest BCUT2D eigenvalue weighted by Crippen LogP contribution is -2.29. The number of hydrogen-bond donors (Lipinski definition) is 0. The van der Waals surface area contributed by atoms with Gasteiger partial charge in [0.05, 0.1) is 29.5 Å². The van der Waals surface area contributed by atoms with Gasteiger partial charge in [0, 0.05) is 5.02 Å². The van der Waals surface area contributed by atoms with E-state index in [1.54, 1.807) is 48.5 Å². The van der Waals surface area contributed by atoms with E-state index in [2.05, 4.69) is 0 Å². The molecule has 4 rings (SSSR count). The summed E-state index contributed by atoms with van der Waals surface area (Å²) in [5.74, 6) is -0.911. The van der Waals surface area contributed by atoms with Crippen LogP contribution in [0.5, 0.6) is 5.75 Å². The molecule has 0 aromatic heterocycles. The Kier molecular flexibility index (Phi) is 5.25. The van der Waals surface area contributed by atoms with E-state index in [4.69, 9.17) is 21.1 Å². The average molecular weight is 422 g/mol. The second kappa shape index (κ2) is 8.00. The Morgan fingerprint density at radius 1 is 0.900 bits per heavy atom. The molecule has 30 heavy (non-hydrogen) atoms. The van der Waals surface area contributed by atoms with E-state index in [9.17, 15) is 14.4 Å². The summed E-state index contributed by atoms with van der Waals surface area (Å²) in [5, 5.41) is 0.591. The van der Waals surface area contributed by atoms with Gasteiger partial charge in [-0.05, 0) is 60.2 Å². The van der Waals surface area contributed by atoms with E-state index >= 15 is 0 Å². The zero-order chi connectivity index (χ0) is 21.3. The van der Waals surface area contributed by atoms with Crippen molar-refractivity contribution in [3.63, 3.8) is 0 Å². The average Bonchev–Trinajstić information content (AvgIpc) is 3.03. The number of ether oxygens (including phenoxy) is 2. The lowest BCUT2D eigenvalue weighted by atomic mass is 10.1. The number of hydrogen-bond acceptors (Lipinski definition) is 5. The molecule has 1 heterocycles. The molecule has 0 spiro atoms. The lowest BCUT2D eigenvalue weighted by Gasteiger charge is -2.14. The Morgan fingerprint density at radius 2 is 1.57 bits per heavy atom. The van der Waals surface area contributed by atoms with E-state index in [-0.39, 0.29) is 23.3 Å². The van der Waals surface area contributed by atoms with Gasteiger partial charge in [0.1, 0.15) is 12.4 Å². The van der Waals surface area contributed by atoms with Gasteiger partial charge in [-0.2, -0.15) is 0 Å². The molecule has 6 nitrogen and oxygen atoms in total. The summed E-state index contributed by atoms with van der Waals surface area (Å²) in [6.45, 7) is 0.0674. The van der Waals surface area contributed by atoms with Crippen LogP contribution in [0.3, 0.4) is 0 Å². The van der Waals surface area contributed by atoms with Gasteiger partial charge in [0.2, 0.25) is 0 Å². The van der Waals surface area contributed by atoms with E-state index in [0.717, 1.165) is 10.5 Å². The minimum atomic E-state index is -0.587. The summed E-state index contributed by atoms with van der Waals surface area (Å²) < 4.78 is 10.4. The Labute approximate surface area is 177 Å². The van der Waals surface area contributed by atoms with Gasteiger partial charge in [-0.25, -0.2) is 9.69 Å². The van der Waals surface area contributed by atoms with Crippen LogP contribution in [-0.4, -0.2) is 24.9 Å². The number of nitrogens with zero attached hydrogens (tertiary/aromatic N) is 1. The first-order valence-electron chi connectivity index (χ1n) is 9.06. The molecule has 0 N–H and O–H groups in total. The Bertz CT molecular complexity index is 1140. The van der Waals surface area contributed by atoms with E-state index < -0.39 is 17.8 Å². The molecule has 0 saturated heterocycles. The largest absolute Gasteiger partial charge is 0.497 e. The fourth-order valence-corrected chi connectivity index (χ4v) is 3.27. The minimum absolute atomic E-state index is 0.0674.